The fourth-order valence-corrected chi connectivity index (χ4v) is 4.26. The Labute approximate surface area is 184 Å². The molecule has 166 valence electrons. The van der Waals surface area contributed by atoms with Crippen LogP contribution in [0.4, 0.5) is 5.95 Å². The second kappa shape index (κ2) is 10.1. The third-order valence-corrected chi connectivity index (χ3v) is 6.13. The normalized spacial score (nSPS) is 15.1. The van der Waals surface area contributed by atoms with E-state index in [1.807, 2.05) is 30.3 Å². The van der Waals surface area contributed by atoms with Gasteiger partial charge in [-0.1, -0.05) is 32.4 Å². The number of likely N-dealkylation sites (N-methyl/N-ethyl adjacent to an activating group) is 1. The Balaban J connectivity index is 1.48. The number of imidazole rings is 1. The van der Waals surface area contributed by atoms with Crippen molar-refractivity contribution >= 4 is 22.9 Å². The molecular weight excluding hydrogens is 390 g/mol. The van der Waals surface area contributed by atoms with E-state index >= 15 is 0 Å². The van der Waals surface area contributed by atoms with Gasteiger partial charge in [-0.2, -0.15) is 0 Å². The number of likely N-dealkylation sites (tertiary alicyclic amines) is 1. The van der Waals surface area contributed by atoms with E-state index in [2.05, 4.69) is 38.5 Å². The van der Waals surface area contributed by atoms with Crippen LogP contribution in [0.3, 0.4) is 0 Å². The minimum atomic E-state index is -0.260. The average Bonchev–Trinajstić information content (AvgIpc) is 3.40. The van der Waals surface area contributed by atoms with Gasteiger partial charge in [-0.15, -0.1) is 0 Å². The van der Waals surface area contributed by atoms with Crippen LogP contribution < -0.4 is 5.32 Å². The summed E-state index contributed by atoms with van der Waals surface area (Å²) in [5, 5.41) is 2.98. The lowest BCUT2D eigenvalue weighted by Gasteiger charge is -2.25. The summed E-state index contributed by atoms with van der Waals surface area (Å²) in [6, 6.07) is 11.7. The number of hydrogen-bond acceptors (Lipinski definition) is 5. The fraction of sp³-hybridized carbons (Fsp3) is 0.500. The summed E-state index contributed by atoms with van der Waals surface area (Å²) in [6.45, 7) is 10.9. The molecule has 2 aromatic heterocycles. The minimum Gasteiger partial charge on any atom is -0.455 e. The zero-order chi connectivity index (χ0) is 21.6. The number of nitrogens with zero attached hydrogens (tertiary/aromatic N) is 4. The predicted molar refractivity (Wildman–Crippen MR) is 123 cm³/mol. The van der Waals surface area contributed by atoms with Gasteiger partial charge in [0.1, 0.15) is 5.76 Å². The molecule has 1 saturated heterocycles. The van der Waals surface area contributed by atoms with Crippen LogP contribution in [0.1, 0.15) is 49.4 Å². The summed E-state index contributed by atoms with van der Waals surface area (Å²) in [5.41, 5.74) is 1.90. The Morgan fingerprint density at radius 3 is 2.65 bits per heavy atom. The number of carbonyl (C=O) groups is 1. The van der Waals surface area contributed by atoms with Crippen LogP contribution in [-0.4, -0.2) is 58.0 Å². The molecule has 1 fully saturated rings. The monoisotopic (exact) mass is 423 g/mol. The van der Waals surface area contributed by atoms with Gasteiger partial charge in [-0.25, -0.2) is 4.98 Å². The summed E-state index contributed by atoms with van der Waals surface area (Å²) in [7, 11) is 0. The molecule has 7 nitrogen and oxygen atoms in total. The molecule has 7 heteroatoms. The smallest absolute Gasteiger partial charge is 0.293 e. The Kier molecular flexibility index (Phi) is 7.04. The van der Waals surface area contributed by atoms with E-state index in [0.717, 1.165) is 62.6 Å². The third-order valence-electron chi connectivity index (χ3n) is 6.13. The van der Waals surface area contributed by atoms with E-state index in [4.69, 9.17) is 4.42 Å². The Hall–Kier alpha value is -2.64. The maximum absolute atomic E-state index is 12.9. The molecule has 0 spiro atoms. The molecule has 3 aromatic rings. The summed E-state index contributed by atoms with van der Waals surface area (Å²) in [5.74, 6) is 1.47. The molecule has 0 atom stereocenters. The topological polar surface area (TPSA) is 66.5 Å². The van der Waals surface area contributed by atoms with Crippen molar-refractivity contribution in [2.75, 3.05) is 38.0 Å². The van der Waals surface area contributed by atoms with Gasteiger partial charge in [0.2, 0.25) is 5.95 Å². The van der Waals surface area contributed by atoms with Gasteiger partial charge < -0.3 is 13.9 Å². The molecule has 1 aliphatic rings. The number of rotatable bonds is 9. The number of amides is 1. The van der Waals surface area contributed by atoms with Gasteiger partial charge in [0.15, 0.2) is 5.76 Å². The van der Waals surface area contributed by atoms with Crippen molar-refractivity contribution < 1.29 is 9.21 Å². The number of piperidine rings is 1. The lowest BCUT2D eigenvalue weighted by Crippen LogP contribution is -2.28. The molecule has 1 amide bonds. The van der Waals surface area contributed by atoms with Crippen molar-refractivity contribution in [3.05, 3.63) is 47.9 Å². The molecule has 0 saturated carbocycles. The number of furan rings is 1. The van der Waals surface area contributed by atoms with Gasteiger partial charge >= 0.3 is 0 Å². The van der Waals surface area contributed by atoms with E-state index in [-0.39, 0.29) is 5.91 Å². The lowest BCUT2D eigenvalue weighted by molar-refractivity contribution is 0.0990. The van der Waals surface area contributed by atoms with Crippen molar-refractivity contribution in [3.63, 3.8) is 0 Å². The summed E-state index contributed by atoms with van der Waals surface area (Å²) < 4.78 is 7.95. The van der Waals surface area contributed by atoms with E-state index in [9.17, 15) is 4.79 Å². The summed E-state index contributed by atoms with van der Waals surface area (Å²) >= 11 is 0. The maximum Gasteiger partial charge on any atom is 0.293 e. The average molecular weight is 424 g/mol. The first-order chi connectivity index (χ1) is 15.2. The SMILES string of the molecule is CCN(CC)CCn1c(NC(=O)c2ccc(CN3CCCCC3)o2)nc2ccccc21. The van der Waals surface area contributed by atoms with Crippen LogP contribution in [0.5, 0.6) is 0 Å². The largest absolute Gasteiger partial charge is 0.455 e. The second-order valence-corrected chi connectivity index (χ2v) is 8.16. The highest BCUT2D eigenvalue weighted by Gasteiger charge is 2.18. The van der Waals surface area contributed by atoms with E-state index in [1.165, 1.54) is 19.3 Å². The number of para-hydroxylation sites is 2. The summed E-state index contributed by atoms with van der Waals surface area (Å²) in [6.07, 6.45) is 3.77. The first-order valence-electron chi connectivity index (χ1n) is 11.5. The molecule has 0 radical (unpaired) electrons. The number of carbonyl (C=O) groups excluding carboxylic acids is 1. The third kappa shape index (κ3) is 5.17. The summed E-state index contributed by atoms with van der Waals surface area (Å²) in [4.78, 5) is 22.3. The standard InChI is InChI=1S/C24H33N5O2/c1-3-27(4-2)16-17-29-21-11-7-6-10-20(21)25-24(29)26-23(30)22-13-12-19(31-22)18-28-14-8-5-9-15-28/h6-7,10-13H,3-5,8-9,14-18H2,1-2H3,(H,25,26,30). The van der Waals surface area contributed by atoms with E-state index in [1.54, 1.807) is 6.07 Å². The van der Waals surface area contributed by atoms with Gasteiger partial charge in [0, 0.05) is 13.1 Å². The molecule has 1 aliphatic heterocycles. The molecule has 31 heavy (non-hydrogen) atoms. The van der Waals surface area contributed by atoms with E-state index < -0.39 is 0 Å². The number of nitrogens with one attached hydrogen (secondary N) is 1. The highest BCUT2D eigenvalue weighted by atomic mass is 16.4. The van der Waals surface area contributed by atoms with Crippen LogP contribution in [0, 0.1) is 0 Å². The second-order valence-electron chi connectivity index (χ2n) is 8.16. The highest BCUT2D eigenvalue weighted by Crippen LogP contribution is 2.21. The van der Waals surface area contributed by atoms with Gasteiger partial charge in [-0.3, -0.25) is 15.0 Å². The first kappa shape index (κ1) is 21.6. The van der Waals surface area contributed by atoms with Gasteiger partial charge in [-0.05, 0) is 63.3 Å². The zero-order valence-corrected chi connectivity index (χ0v) is 18.6. The van der Waals surface area contributed by atoms with Crippen LogP contribution >= 0.6 is 0 Å². The van der Waals surface area contributed by atoms with Gasteiger partial charge in [0.05, 0.1) is 17.6 Å². The Morgan fingerprint density at radius 1 is 1.10 bits per heavy atom. The van der Waals surface area contributed by atoms with Gasteiger partial charge in [0.25, 0.3) is 5.91 Å². The molecular formula is C24H33N5O2. The molecule has 0 unspecified atom stereocenters. The zero-order valence-electron chi connectivity index (χ0n) is 18.6. The van der Waals surface area contributed by atoms with Crippen molar-refractivity contribution in [2.45, 2.75) is 46.2 Å². The van der Waals surface area contributed by atoms with E-state index in [0.29, 0.717) is 11.7 Å². The molecule has 0 bridgehead atoms. The fourth-order valence-electron chi connectivity index (χ4n) is 4.26. The number of anilines is 1. The quantitative estimate of drug-likeness (QED) is 0.558. The molecule has 1 aromatic carbocycles. The highest BCUT2D eigenvalue weighted by molar-refractivity contribution is 6.02. The molecule has 4 rings (SSSR count). The van der Waals surface area contributed by atoms with Crippen LogP contribution in [0.2, 0.25) is 0 Å². The van der Waals surface area contributed by atoms with Crippen LogP contribution in [0.25, 0.3) is 11.0 Å². The molecule has 3 heterocycles. The number of aromatic nitrogens is 2. The maximum atomic E-state index is 12.9. The first-order valence-corrected chi connectivity index (χ1v) is 11.5. The molecule has 1 N–H and O–H groups in total. The number of hydrogen-bond donors (Lipinski definition) is 1. The Morgan fingerprint density at radius 2 is 1.87 bits per heavy atom. The van der Waals surface area contributed by atoms with Crippen molar-refractivity contribution in [1.82, 2.24) is 19.4 Å². The predicted octanol–water partition coefficient (Wildman–Crippen LogP) is 4.21. The van der Waals surface area contributed by atoms with Crippen molar-refractivity contribution in [1.29, 1.82) is 0 Å². The lowest BCUT2D eigenvalue weighted by atomic mass is 10.1. The van der Waals surface area contributed by atoms with Crippen molar-refractivity contribution in [3.8, 4) is 0 Å². The number of fused-ring (bicyclic) bond motifs is 1. The van der Waals surface area contributed by atoms with Crippen LogP contribution in [0.15, 0.2) is 40.8 Å². The minimum absolute atomic E-state index is 0.260. The molecule has 0 aliphatic carbocycles. The Bertz CT molecular complexity index is 998. The number of benzene rings is 1. The van der Waals surface area contributed by atoms with Crippen molar-refractivity contribution in [2.24, 2.45) is 0 Å². The van der Waals surface area contributed by atoms with Crippen LogP contribution in [-0.2, 0) is 13.1 Å².